The Balaban J connectivity index is 2.03. The predicted octanol–water partition coefficient (Wildman–Crippen LogP) is 2.80. The molecule has 0 aliphatic carbocycles. The van der Waals surface area contributed by atoms with Crippen LogP contribution in [0, 0.1) is 25.2 Å². The molecule has 1 aromatic carbocycles. The lowest BCUT2D eigenvalue weighted by molar-refractivity contribution is -0.140. The van der Waals surface area contributed by atoms with Crippen LogP contribution in [-0.4, -0.2) is 30.0 Å². The summed E-state index contributed by atoms with van der Waals surface area (Å²) in [6.45, 7) is 4.11. The molecule has 2 rings (SSSR count). The standard InChI is InChI=1S/C19H20N2O4/c1-13-10-17(14(2)21(13)9-8-19(23)24-3)18(22)12-25-16-6-4-15(11-20)5-7-16/h4-7,10H,8-9,12H2,1-3H3. The van der Waals surface area contributed by atoms with Crippen molar-refractivity contribution in [1.29, 1.82) is 5.26 Å². The minimum Gasteiger partial charge on any atom is -0.485 e. The molecule has 0 atom stereocenters. The van der Waals surface area contributed by atoms with E-state index in [1.165, 1.54) is 7.11 Å². The van der Waals surface area contributed by atoms with E-state index >= 15 is 0 Å². The lowest BCUT2D eigenvalue weighted by Gasteiger charge is -2.09. The lowest BCUT2D eigenvalue weighted by Crippen LogP contribution is -2.14. The second kappa shape index (κ2) is 8.15. The van der Waals surface area contributed by atoms with Crippen molar-refractivity contribution in [2.75, 3.05) is 13.7 Å². The summed E-state index contributed by atoms with van der Waals surface area (Å²) >= 11 is 0. The highest BCUT2D eigenvalue weighted by atomic mass is 16.5. The highest BCUT2D eigenvalue weighted by Crippen LogP contribution is 2.18. The summed E-state index contributed by atoms with van der Waals surface area (Å²) in [4.78, 5) is 23.8. The molecule has 6 nitrogen and oxygen atoms in total. The number of rotatable bonds is 7. The van der Waals surface area contributed by atoms with Crippen LogP contribution in [0.3, 0.4) is 0 Å². The third-order valence-corrected chi connectivity index (χ3v) is 3.99. The average molecular weight is 340 g/mol. The monoisotopic (exact) mass is 340 g/mol. The Morgan fingerprint density at radius 2 is 1.88 bits per heavy atom. The molecular formula is C19H20N2O4. The minimum atomic E-state index is -0.287. The molecule has 1 heterocycles. The molecule has 0 amide bonds. The average Bonchev–Trinajstić information content (AvgIpc) is 2.92. The van der Waals surface area contributed by atoms with Gasteiger partial charge in [-0.2, -0.15) is 5.26 Å². The largest absolute Gasteiger partial charge is 0.485 e. The van der Waals surface area contributed by atoms with Gasteiger partial charge in [-0.1, -0.05) is 0 Å². The number of nitriles is 1. The van der Waals surface area contributed by atoms with E-state index in [1.807, 2.05) is 24.5 Å². The number of aromatic nitrogens is 1. The zero-order valence-corrected chi connectivity index (χ0v) is 14.5. The van der Waals surface area contributed by atoms with Gasteiger partial charge in [0.2, 0.25) is 5.78 Å². The SMILES string of the molecule is COC(=O)CCn1c(C)cc(C(=O)COc2ccc(C#N)cc2)c1C. The van der Waals surface area contributed by atoms with Gasteiger partial charge in [-0.05, 0) is 44.2 Å². The molecule has 0 bridgehead atoms. The van der Waals surface area contributed by atoms with E-state index in [1.54, 1.807) is 30.3 Å². The molecule has 6 heteroatoms. The number of carbonyl (C=O) groups excluding carboxylic acids is 2. The fraction of sp³-hybridized carbons (Fsp3) is 0.316. The molecule has 0 radical (unpaired) electrons. The van der Waals surface area contributed by atoms with Crippen LogP contribution in [0.15, 0.2) is 30.3 Å². The Kier molecular flexibility index (Phi) is 5.96. The zero-order valence-electron chi connectivity index (χ0n) is 14.5. The van der Waals surface area contributed by atoms with Crippen molar-refractivity contribution in [3.8, 4) is 11.8 Å². The maximum atomic E-state index is 12.4. The maximum Gasteiger partial charge on any atom is 0.307 e. The van der Waals surface area contributed by atoms with E-state index in [4.69, 9.17) is 10.00 Å². The molecule has 2 aromatic rings. The molecule has 0 unspecified atom stereocenters. The van der Waals surface area contributed by atoms with Crippen LogP contribution in [0.4, 0.5) is 0 Å². The molecule has 0 saturated carbocycles. The zero-order chi connectivity index (χ0) is 18.4. The van der Waals surface area contributed by atoms with Crippen LogP contribution in [0.1, 0.15) is 33.7 Å². The molecule has 0 spiro atoms. The van der Waals surface area contributed by atoms with Gasteiger partial charge >= 0.3 is 5.97 Å². The molecule has 25 heavy (non-hydrogen) atoms. The first kappa shape index (κ1) is 18.3. The summed E-state index contributed by atoms with van der Waals surface area (Å²) in [5.74, 6) is 0.109. The summed E-state index contributed by atoms with van der Waals surface area (Å²) < 4.78 is 12.1. The third-order valence-electron chi connectivity index (χ3n) is 3.99. The van der Waals surface area contributed by atoms with Gasteiger partial charge in [-0.3, -0.25) is 9.59 Å². The maximum absolute atomic E-state index is 12.4. The van der Waals surface area contributed by atoms with Gasteiger partial charge < -0.3 is 14.0 Å². The first-order valence-electron chi connectivity index (χ1n) is 7.86. The van der Waals surface area contributed by atoms with Crippen molar-refractivity contribution >= 4 is 11.8 Å². The Morgan fingerprint density at radius 3 is 2.48 bits per heavy atom. The molecule has 0 N–H and O–H groups in total. The molecule has 0 aliphatic rings. The van der Waals surface area contributed by atoms with E-state index in [0.717, 1.165) is 11.4 Å². The Morgan fingerprint density at radius 1 is 1.20 bits per heavy atom. The van der Waals surface area contributed by atoms with Crippen LogP contribution < -0.4 is 4.74 Å². The number of hydrogen-bond acceptors (Lipinski definition) is 5. The minimum absolute atomic E-state index is 0.0901. The summed E-state index contributed by atoms with van der Waals surface area (Å²) in [6.07, 6.45) is 0.252. The van der Waals surface area contributed by atoms with Gasteiger partial charge in [-0.15, -0.1) is 0 Å². The summed E-state index contributed by atoms with van der Waals surface area (Å²) in [5.41, 5.74) is 2.82. The second-order valence-electron chi connectivity index (χ2n) is 5.61. The normalized spacial score (nSPS) is 10.2. The quantitative estimate of drug-likeness (QED) is 0.572. The van der Waals surface area contributed by atoms with Gasteiger partial charge in [0, 0.05) is 23.5 Å². The number of carbonyl (C=O) groups is 2. The molecular weight excluding hydrogens is 320 g/mol. The Hall–Kier alpha value is -3.07. The molecule has 1 aromatic heterocycles. The van der Waals surface area contributed by atoms with Crippen molar-refractivity contribution in [3.05, 3.63) is 52.8 Å². The van der Waals surface area contributed by atoms with E-state index in [9.17, 15) is 9.59 Å². The third kappa shape index (κ3) is 4.48. The van der Waals surface area contributed by atoms with E-state index < -0.39 is 0 Å². The van der Waals surface area contributed by atoms with E-state index in [-0.39, 0.29) is 24.8 Å². The topological polar surface area (TPSA) is 81.3 Å². The number of Topliss-reactive ketones (excluding diaryl/α,β-unsaturated/α-hetero) is 1. The highest BCUT2D eigenvalue weighted by Gasteiger charge is 2.17. The Bertz CT molecular complexity index is 813. The number of benzene rings is 1. The van der Waals surface area contributed by atoms with Crippen molar-refractivity contribution in [1.82, 2.24) is 4.57 Å². The first-order valence-corrected chi connectivity index (χ1v) is 7.86. The smallest absolute Gasteiger partial charge is 0.307 e. The Labute approximate surface area is 146 Å². The first-order chi connectivity index (χ1) is 12.0. The van der Waals surface area contributed by atoms with Crippen molar-refractivity contribution in [3.63, 3.8) is 0 Å². The van der Waals surface area contributed by atoms with E-state index in [0.29, 0.717) is 23.4 Å². The lowest BCUT2D eigenvalue weighted by atomic mass is 10.1. The number of methoxy groups -OCH3 is 1. The molecule has 0 fully saturated rings. The van der Waals surface area contributed by atoms with Crippen LogP contribution in [0.25, 0.3) is 0 Å². The summed E-state index contributed by atoms with van der Waals surface area (Å²) in [5, 5.41) is 8.77. The number of hydrogen-bond donors (Lipinski definition) is 0. The summed E-state index contributed by atoms with van der Waals surface area (Å²) in [6, 6.07) is 10.4. The fourth-order valence-electron chi connectivity index (χ4n) is 2.58. The molecule has 0 aliphatic heterocycles. The number of aryl methyl sites for hydroxylation is 1. The van der Waals surface area contributed by atoms with Crippen LogP contribution in [-0.2, 0) is 16.1 Å². The molecule has 130 valence electrons. The molecule has 0 saturated heterocycles. The number of ketones is 1. The van der Waals surface area contributed by atoms with Gasteiger partial charge in [-0.25, -0.2) is 0 Å². The highest BCUT2D eigenvalue weighted by molar-refractivity contribution is 5.98. The van der Waals surface area contributed by atoms with Gasteiger partial charge in [0.25, 0.3) is 0 Å². The predicted molar refractivity (Wildman–Crippen MR) is 91.5 cm³/mol. The van der Waals surface area contributed by atoms with Gasteiger partial charge in [0.15, 0.2) is 6.61 Å². The fourth-order valence-corrected chi connectivity index (χ4v) is 2.58. The van der Waals surface area contributed by atoms with Crippen molar-refractivity contribution in [2.45, 2.75) is 26.8 Å². The van der Waals surface area contributed by atoms with Gasteiger partial charge in [0.1, 0.15) is 5.75 Å². The van der Waals surface area contributed by atoms with Crippen molar-refractivity contribution < 1.29 is 19.1 Å². The van der Waals surface area contributed by atoms with Crippen LogP contribution >= 0.6 is 0 Å². The second-order valence-corrected chi connectivity index (χ2v) is 5.61. The van der Waals surface area contributed by atoms with E-state index in [2.05, 4.69) is 4.74 Å². The van der Waals surface area contributed by atoms with Crippen LogP contribution in [0.5, 0.6) is 5.75 Å². The van der Waals surface area contributed by atoms with Gasteiger partial charge in [0.05, 0.1) is 25.2 Å². The summed E-state index contributed by atoms with van der Waals surface area (Å²) in [7, 11) is 1.35. The number of esters is 1. The van der Waals surface area contributed by atoms with Crippen molar-refractivity contribution in [2.24, 2.45) is 0 Å². The number of ether oxygens (including phenoxy) is 2. The number of nitrogens with zero attached hydrogens (tertiary/aromatic N) is 2. The van der Waals surface area contributed by atoms with Crippen LogP contribution in [0.2, 0.25) is 0 Å².